The maximum absolute atomic E-state index is 12.2. The van der Waals surface area contributed by atoms with Crippen molar-refractivity contribution in [1.82, 2.24) is 5.32 Å². The number of benzene rings is 2. The second kappa shape index (κ2) is 8.03. The van der Waals surface area contributed by atoms with E-state index in [4.69, 9.17) is 33.0 Å². The highest BCUT2D eigenvalue weighted by Crippen LogP contribution is 2.33. The van der Waals surface area contributed by atoms with Gasteiger partial charge in [0.15, 0.2) is 0 Å². The molecule has 0 aliphatic heterocycles. The molecule has 0 aromatic heterocycles. The molecule has 0 fully saturated rings. The van der Waals surface area contributed by atoms with Crippen LogP contribution in [0.3, 0.4) is 0 Å². The summed E-state index contributed by atoms with van der Waals surface area (Å²) in [5.41, 5.74) is 0.238. The molecule has 1 amide bonds. The van der Waals surface area contributed by atoms with Gasteiger partial charge in [0, 0.05) is 13.2 Å². The van der Waals surface area contributed by atoms with E-state index in [0.717, 1.165) is 0 Å². The molecular weight excluding hydrogens is 325 g/mol. The van der Waals surface area contributed by atoms with E-state index in [0.29, 0.717) is 29.5 Å². The Hall–Kier alpha value is -1.75. The van der Waals surface area contributed by atoms with Gasteiger partial charge in [-0.3, -0.25) is 4.79 Å². The molecule has 22 heavy (non-hydrogen) atoms. The van der Waals surface area contributed by atoms with E-state index in [1.807, 2.05) is 0 Å². The molecule has 2 rings (SSSR count). The van der Waals surface area contributed by atoms with Gasteiger partial charge in [0.25, 0.3) is 5.91 Å². The number of amides is 1. The number of aliphatic hydroxyl groups is 1. The van der Waals surface area contributed by atoms with Crippen LogP contribution in [0.1, 0.15) is 16.8 Å². The zero-order valence-electron chi connectivity index (χ0n) is 11.7. The van der Waals surface area contributed by atoms with E-state index in [-0.39, 0.29) is 23.1 Å². The van der Waals surface area contributed by atoms with Gasteiger partial charge >= 0.3 is 0 Å². The molecule has 0 atom stereocenters. The Bertz CT molecular complexity index is 662. The fraction of sp³-hybridized carbons (Fsp3) is 0.188. The molecule has 0 saturated carbocycles. The van der Waals surface area contributed by atoms with E-state index < -0.39 is 0 Å². The van der Waals surface area contributed by atoms with Crippen LogP contribution in [0.15, 0.2) is 42.5 Å². The van der Waals surface area contributed by atoms with Crippen molar-refractivity contribution < 1.29 is 14.6 Å². The van der Waals surface area contributed by atoms with Crippen molar-refractivity contribution >= 4 is 29.1 Å². The lowest BCUT2D eigenvalue weighted by molar-refractivity contribution is 0.0949. The summed E-state index contributed by atoms with van der Waals surface area (Å²) < 4.78 is 5.72. The fourth-order valence-corrected chi connectivity index (χ4v) is 2.25. The van der Waals surface area contributed by atoms with Crippen LogP contribution in [0.5, 0.6) is 11.5 Å². The molecule has 116 valence electrons. The monoisotopic (exact) mass is 339 g/mol. The van der Waals surface area contributed by atoms with Gasteiger partial charge in [0.05, 0.1) is 10.0 Å². The number of hydrogen-bond donors (Lipinski definition) is 2. The van der Waals surface area contributed by atoms with Crippen LogP contribution in [0.25, 0.3) is 0 Å². The van der Waals surface area contributed by atoms with E-state index in [1.165, 1.54) is 0 Å². The minimum Gasteiger partial charge on any atom is -0.455 e. The first-order chi connectivity index (χ1) is 10.6. The minimum absolute atomic E-state index is 0.00574. The summed E-state index contributed by atoms with van der Waals surface area (Å²) in [6, 6.07) is 11.9. The number of halogens is 2. The largest absolute Gasteiger partial charge is 0.455 e. The zero-order valence-corrected chi connectivity index (χ0v) is 13.2. The van der Waals surface area contributed by atoms with Crippen molar-refractivity contribution in [2.45, 2.75) is 6.42 Å². The normalized spacial score (nSPS) is 10.3. The van der Waals surface area contributed by atoms with Gasteiger partial charge in [0.1, 0.15) is 17.1 Å². The third kappa shape index (κ3) is 4.13. The summed E-state index contributed by atoms with van der Waals surface area (Å²) in [5.74, 6) is 0.402. The minimum atomic E-state index is -0.360. The maximum Gasteiger partial charge on any atom is 0.256 e. The third-order valence-corrected chi connectivity index (χ3v) is 3.51. The Labute approximate surface area is 138 Å². The summed E-state index contributed by atoms with van der Waals surface area (Å²) in [4.78, 5) is 12.2. The highest BCUT2D eigenvalue weighted by atomic mass is 35.5. The second-order valence-corrected chi connectivity index (χ2v) is 5.29. The zero-order chi connectivity index (χ0) is 15.9. The van der Waals surface area contributed by atoms with Gasteiger partial charge in [-0.1, -0.05) is 41.4 Å². The van der Waals surface area contributed by atoms with Gasteiger partial charge in [-0.15, -0.1) is 0 Å². The predicted molar refractivity (Wildman–Crippen MR) is 87.0 cm³/mol. The molecule has 0 spiro atoms. The van der Waals surface area contributed by atoms with E-state index >= 15 is 0 Å². The van der Waals surface area contributed by atoms with Crippen molar-refractivity contribution in [3.63, 3.8) is 0 Å². The smallest absolute Gasteiger partial charge is 0.256 e. The molecule has 2 aromatic carbocycles. The van der Waals surface area contributed by atoms with Crippen molar-refractivity contribution in [3.05, 3.63) is 58.1 Å². The molecule has 0 bridgehead atoms. The standard InChI is InChI=1S/C16H15Cl2NO3/c17-11-5-1-2-7-13(11)22-14-8-3-6-12(18)15(14)16(21)19-9-4-10-20/h1-3,5-8,20H,4,9-10H2,(H,19,21). The van der Waals surface area contributed by atoms with Crippen LogP contribution >= 0.6 is 23.2 Å². The summed E-state index contributed by atoms with van der Waals surface area (Å²) in [7, 11) is 0. The van der Waals surface area contributed by atoms with Crippen LogP contribution in [0.2, 0.25) is 10.0 Å². The Balaban J connectivity index is 2.26. The van der Waals surface area contributed by atoms with Gasteiger partial charge in [-0.25, -0.2) is 0 Å². The number of carbonyl (C=O) groups is 1. The van der Waals surface area contributed by atoms with Gasteiger partial charge < -0.3 is 15.2 Å². The first-order valence-corrected chi connectivity index (χ1v) is 7.49. The molecule has 0 aliphatic carbocycles. The first kappa shape index (κ1) is 16.6. The molecule has 0 saturated heterocycles. The lowest BCUT2D eigenvalue weighted by Crippen LogP contribution is -2.25. The number of rotatable bonds is 6. The van der Waals surface area contributed by atoms with Crippen molar-refractivity contribution in [2.24, 2.45) is 0 Å². The molecule has 0 unspecified atom stereocenters. The third-order valence-electron chi connectivity index (χ3n) is 2.88. The Morgan fingerprint density at radius 1 is 1.05 bits per heavy atom. The van der Waals surface area contributed by atoms with Crippen LogP contribution in [-0.4, -0.2) is 24.2 Å². The summed E-state index contributed by atoms with van der Waals surface area (Å²) in [5, 5.41) is 12.2. The number of para-hydroxylation sites is 1. The topological polar surface area (TPSA) is 58.6 Å². The number of carbonyl (C=O) groups excluding carboxylic acids is 1. The molecule has 2 aromatic rings. The van der Waals surface area contributed by atoms with Gasteiger partial charge in [-0.2, -0.15) is 0 Å². The number of nitrogens with one attached hydrogen (secondary N) is 1. The van der Waals surface area contributed by atoms with Crippen LogP contribution in [0, 0.1) is 0 Å². The lowest BCUT2D eigenvalue weighted by atomic mass is 10.2. The molecule has 6 heteroatoms. The predicted octanol–water partition coefficient (Wildman–Crippen LogP) is 3.90. The van der Waals surface area contributed by atoms with Gasteiger partial charge in [0.2, 0.25) is 0 Å². The van der Waals surface area contributed by atoms with E-state index in [9.17, 15) is 4.79 Å². The first-order valence-electron chi connectivity index (χ1n) is 6.73. The number of aliphatic hydroxyl groups excluding tert-OH is 1. The Kier molecular flexibility index (Phi) is 6.07. The molecule has 0 aliphatic rings. The average Bonchev–Trinajstić information content (AvgIpc) is 2.50. The fourth-order valence-electron chi connectivity index (χ4n) is 1.83. The highest BCUT2D eigenvalue weighted by molar-refractivity contribution is 6.34. The molecular formula is C16H15Cl2NO3. The second-order valence-electron chi connectivity index (χ2n) is 4.48. The van der Waals surface area contributed by atoms with E-state index in [2.05, 4.69) is 5.32 Å². The maximum atomic E-state index is 12.2. The molecule has 2 N–H and O–H groups in total. The van der Waals surface area contributed by atoms with Crippen LogP contribution in [-0.2, 0) is 0 Å². The number of ether oxygens (including phenoxy) is 1. The average molecular weight is 340 g/mol. The SMILES string of the molecule is O=C(NCCCO)c1c(Cl)cccc1Oc1ccccc1Cl. The van der Waals surface area contributed by atoms with Crippen LogP contribution in [0.4, 0.5) is 0 Å². The van der Waals surface area contributed by atoms with E-state index in [1.54, 1.807) is 42.5 Å². The highest BCUT2D eigenvalue weighted by Gasteiger charge is 2.17. The molecule has 0 radical (unpaired) electrons. The summed E-state index contributed by atoms with van der Waals surface area (Å²) >= 11 is 12.2. The van der Waals surface area contributed by atoms with Crippen LogP contribution < -0.4 is 10.1 Å². The Morgan fingerprint density at radius 3 is 2.45 bits per heavy atom. The van der Waals surface area contributed by atoms with Crippen molar-refractivity contribution in [2.75, 3.05) is 13.2 Å². The van der Waals surface area contributed by atoms with Crippen molar-refractivity contribution in [3.8, 4) is 11.5 Å². The van der Waals surface area contributed by atoms with Gasteiger partial charge in [-0.05, 0) is 30.7 Å². The molecule has 0 heterocycles. The summed E-state index contributed by atoms with van der Waals surface area (Å²) in [6.45, 7) is 0.359. The summed E-state index contributed by atoms with van der Waals surface area (Å²) in [6.07, 6.45) is 0.469. The van der Waals surface area contributed by atoms with Crippen molar-refractivity contribution in [1.29, 1.82) is 0 Å². The molecule has 4 nitrogen and oxygen atoms in total. The number of hydrogen-bond acceptors (Lipinski definition) is 3. The quantitative estimate of drug-likeness (QED) is 0.784. The Morgan fingerprint density at radius 2 is 1.73 bits per heavy atom. The lowest BCUT2D eigenvalue weighted by Gasteiger charge is -2.13.